The molecule has 1 saturated carbocycles. The molecule has 4 rings (SSSR count). The highest BCUT2D eigenvalue weighted by molar-refractivity contribution is 5.93. The fraction of sp³-hybridized carbons (Fsp3) is 0.429. The standard InChI is InChI=1S/C28H32F3N3O3/c1-17-10-20(12-22(35)11-17)18(2)37-27-15-21(14-25(32)23(27)16-33-3)19-4-5-26(24(13-19)28(29,30)31)34-6-8-36-9-7-34/h4-5,13-16,18,20H,1,6-12,32H2,2-3H3/t18?,20-/m0/s1. The van der Waals surface area contributed by atoms with Gasteiger partial charge in [0.2, 0.25) is 0 Å². The van der Waals surface area contributed by atoms with E-state index < -0.39 is 11.7 Å². The molecule has 2 fully saturated rings. The van der Waals surface area contributed by atoms with Crippen LogP contribution < -0.4 is 15.4 Å². The van der Waals surface area contributed by atoms with Crippen molar-refractivity contribution in [3.8, 4) is 16.9 Å². The lowest BCUT2D eigenvalue weighted by atomic mass is 9.82. The number of nitrogens with zero attached hydrogens (tertiary/aromatic N) is 2. The Hall–Kier alpha value is -3.33. The first kappa shape index (κ1) is 26.7. The Bertz CT molecular complexity index is 1190. The van der Waals surface area contributed by atoms with Crippen LogP contribution in [0, 0.1) is 5.92 Å². The summed E-state index contributed by atoms with van der Waals surface area (Å²) in [5.41, 5.74) is 8.37. The maximum Gasteiger partial charge on any atom is 0.418 e. The van der Waals surface area contributed by atoms with Gasteiger partial charge in [-0.2, -0.15) is 13.2 Å². The van der Waals surface area contributed by atoms with E-state index >= 15 is 0 Å². The van der Waals surface area contributed by atoms with Crippen molar-refractivity contribution < 1.29 is 27.4 Å². The number of carbonyl (C=O) groups excluding carboxylic acids is 1. The number of ketones is 1. The first-order valence-corrected chi connectivity index (χ1v) is 12.3. The number of hydrogen-bond acceptors (Lipinski definition) is 6. The third-order valence-corrected chi connectivity index (χ3v) is 6.88. The Morgan fingerprint density at radius 3 is 2.57 bits per heavy atom. The highest BCUT2D eigenvalue weighted by Crippen LogP contribution is 2.41. The number of rotatable bonds is 6. The van der Waals surface area contributed by atoms with E-state index in [2.05, 4.69) is 11.6 Å². The molecule has 1 heterocycles. The molecule has 0 bridgehead atoms. The molecule has 6 nitrogen and oxygen atoms in total. The number of alkyl halides is 3. The number of halogens is 3. The van der Waals surface area contributed by atoms with Crippen LogP contribution in [0.4, 0.5) is 24.5 Å². The second-order valence-corrected chi connectivity index (χ2v) is 9.65. The average molecular weight is 516 g/mol. The van der Waals surface area contributed by atoms with Gasteiger partial charge in [0, 0.05) is 56.5 Å². The Morgan fingerprint density at radius 2 is 1.92 bits per heavy atom. The van der Waals surface area contributed by atoms with Gasteiger partial charge in [-0.3, -0.25) is 9.79 Å². The number of nitrogens with two attached hydrogens (primary N) is 1. The van der Waals surface area contributed by atoms with Crippen LogP contribution in [-0.2, 0) is 15.7 Å². The first-order valence-electron chi connectivity index (χ1n) is 12.3. The van der Waals surface area contributed by atoms with Crippen LogP contribution in [0.5, 0.6) is 5.75 Å². The topological polar surface area (TPSA) is 77.1 Å². The lowest BCUT2D eigenvalue weighted by Crippen LogP contribution is -2.37. The number of Topliss-reactive ketones (excluding diaryl/α,β-unsaturated/α-hetero) is 1. The zero-order valence-electron chi connectivity index (χ0n) is 21.1. The molecule has 2 aromatic carbocycles. The molecule has 0 spiro atoms. The van der Waals surface area contributed by atoms with Crippen LogP contribution in [-0.4, -0.2) is 51.5 Å². The molecule has 1 saturated heterocycles. The van der Waals surface area contributed by atoms with Crippen molar-refractivity contribution in [1.29, 1.82) is 0 Å². The number of aliphatic imine (C=N–C) groups is 1. The Morgan fingerprint density at radius 1 is 1.19 bits per heavy atom. The SMILES string of the molecule is C=C1CC(=O)C[C@@H](C(C)Oc2cc(-c3ccc(N4CCOCC4)c(C(F)(F)F)c3)cc(N)c2C=NC)C1. The maximum atomic E-state index is 14.1. The van der Waals surface area contributed by atoms with Gasteiger partial charge in [0.1, 0.15) is 11.5 Å². The number of morpholine rings is 1. The third-order valence-electron chi connectivity index (χ3n) is 6.88. The smallest absolute Gasteiger partial charge is 0.418 e. The summed E-state index contributed by atoms with van der Waals surface area (Å²) in [7, 11) is 1.60. The van der Waals surface area contributed by atoms with E-state index in [1.807, 2.05) is 6.92 Å². The summed E-state index contributed by atoms with van der Waals surface area (Å²) < 4.78 is 53.9. The minimum absolute atomic E-state index is 0.0466. The molecular weight excluding hydrogens is 483 g/mol. The van der Waals surface area contributed by atoms with Gasteiger partial charge in [-0.1, -0.05) is 18.2 Å². The number of nitrogen functional groups attached to an aromatic ring is 1. The van der Waals surface area contributed by atoms with Gasteiger partial charge < -0.3 is 20.1 Å². The van der Waals surface area contributed by atoms with Crippen LogP contribution in [0.15, 0.2) is 47.5 Å². The number of hydrogen-bond donors (Lipinski definition) is 1. The summed E-state index contributed by atoms with van der Waals surface area (Å²) in [5.74, 6) is 0.484. The van der Waals surface area contributed by atoms with Gasteiger partial charge in [-0.15, -0.1) is 0 Å². The molecular formula is C28H32F3N3O3. The zero-order chi connectivity index (χ0) is 26.7. The summed E-state index contributed by atoms with van der Waals surface area (Å²) in [6.07, 6.45) is -1.85. The lowest BCUT2D eigenvalue weighted by Gasteiger charge is -2.31. The summed E-state index contributed by atoms with van der Waals surface area (Å²) in [5, 5.41) is 0. The number of ether oxygens (including phenoxy) is 2. The molecule has 2 atom stereocenters. The van der Waals surface area contributed by atoms with Crippen molar-refractivity contribution >= 4 is 23.4 Å². The Kier molecular flexibility index (Phi) is 7.92. The van der Waals surface area contributed by atoms with E-state index in [1.54, 1.807) is 36.4 Å². The van der Waals surface area contributed by atoms with Gasteiger partial charge in [-0.25, -0.2) is 0 Å². The van der Waals surface area contributed by atoms with Gasteiger partial charge >= 0.3 is 6.18 Å². The molecule has 1 unspecified atom stereocenters. The summed E-state index contributed by atoms with van der Waals surface area (Å²) in [4.78, 5) is 17.9. The Labute approximate surface area is 215 Å². The van der Waals surface area contributed by atoms with Crippen molar-refractivity contribution in [2.75, 3.05) is 44.0 Å². The number of allylic oxidation sites excluding steroid dienone is 1. The lowest BCUT2D eigenvalue weighted by molar-refractivity contribution is -0.137. The molecule has 0 aromatic heterocycles. The minimum Gasteiger partial charge on any atom is -0.490 e. The van der Waals surface area contributed by atoms with Crippen LogP contribution in [0.1, 0.15) is 37.3 Å². The quantitative estimate of drug-likeness (QED) is 0.311. The maximum absolute atomic E-state index is 14.1. The Balaban J connectivity index is 1.72. The first-order chi connectivity index (χ1) is 17.6. The number of anilines is 2. The van der Waals surface area contributed by atoms with E-state index in [-0.39, 0.29) is 23.5 Å². The monoisotopic (exact) mass is 515 g/mol. The molecule has 2 aromatic rings. The molecule has 2 aliphatic rings. The van der Waals surface area contributed by atoms with Crippen molar-refractivity contribution in [3.05, 3.63) is 53.6 Å². The van der Waals surface area contributed by atoms with Gasteiger partial charge in [0.05, 0.1) is 30.4 Å². The normalized spacial score (nSPS) is 19.9. The summed E-state index contributed by atoms with van der Waals surface area (Å²) in [6, 6.07) is 7.64. The summed E-state index contributed by atoms with van der Waals surface area (Å²) >= 11 is 0. The van der Waals surface area contributed by atoms with Gasteiger partial charge in [0.15, 0.2) is 0 Å². The number of carbonyl (C=O) groups is 1. The minimum atomic E-state index is -4.53. The van der Waals surface area contributed by atoms with Crippen LogP contribution in [0.3, 0.4) is 0 Å². The predicted molar refractivity (Wildman–Crippen MR) is 139 cm³/mol. The van der Waals surface area contributed by atoms with Crippen LogP contribution in [0.25, 0.3) is 11.1 Å². The second kappa shape index (κ2) is 11.0. The molecule has 1 aliphatic carbocycles. The molecule has 37 heavy (non-hydrogen) atoms. The van der Waals surface area contributed by atoms with Crippen molar-refractivity contribution in [2.24, 2.45) is 10.9 Å². The average Bonchev–Trinajstić information content (AvgIpc) is 2.85. The van der Waals surface area contributed by atoms with E-state index in [1.165, 1.54) is 6.07 Å². The van der Waals surface area contributed by atoms with E-state index in [0.717, 1.165) is 11.6 Å². The van der Waals surface area contributed by atoms with Crippen LogP contribution >= 0.6 is 0 Å². The molecule has 9 heteroatoms. The number of benzene rings is 2. The highest BCUT2D eigenvalue weighted by Gasteiger charge is 2.36. The van der Waals surface area contributed by atoms with Crippen molar-refractivity contribution in [1.82, 2.24) is 0 Å². The van der Waals surface area contributed by atoms with E-state index in [0.29, 0.717) is 73.7 Å². The second-order valence-electron chi connectivity index (χ2n) is 9.65. The van der Waals surface area contributed by atoms with Gasteiger partial charge in [0.25, 0.3) is 0 Å². The van der Waals surface area contributed by atoms with Crippen molar-refractivity contribution in [2.45, 2.75) is 38.5 Å². The van der Waals surface area contributed by atoms with Gasteiger partial charge in [-0.05, 0) is 48.7 Å². The predicted octanol–water partition coefficient (Wildman–Crippen LogP) is 5.53. The highest BCUT2D eigenvalue weighted by atomic mass is 19.4. The molecule has 198 valence electrons. The largest absolute Gasteiger partial charge is 0.490 e. The van der Waals surface area contributed by atoms with E-state index in [4.69, 9.17) is 15.2 Å². The van der Waals surface area contributed by atoms with Crippen LogP contribution in [0.2, 0.25) is 0 Å². The molecule has 0 amide bonds. The third kappa shape index (κ3) is 6.15. The fourth-order valence-electron chi connectivity index (χ4n) is 4.99. The molecule has 1 aliphatic heterocycles. The zero-order valence-corrected chi connectivity index (χ0v) is 21.1. The van der Waals surface area contributed by atoms with Crippen molar-refractivity contribution in [3.63, 3.8) is 0 Å². The molecule has 0 radical (unpaired) electrons. The fourth-order valence-corrected chi connectivity index (χ4v) is 4.99. The summed E-state index contributed by atoms with van der Waals surface area (Å²) in [6.45, 7) is 7.41. The van der Waals surface area contributed by atoms with E-state index in [9.17, 15) is 18.0 Å². The molecule has 2 N–H and O–H groups in total.